The van der Waals surface area contributed by atoms with E-state index in [9.17, 15) is 0 Å². The monoisotopic (exact) mass is 396 g/mol. The zero-order chi connectivity index (χ0) is 19.8. The molecule has 2 heterocycles. The first kappa shape index (κ1) is 17.8. The fourth-order valence-corrected chi connectivity index (χ4v) is 4.33. The lowest BCUT2D eigenvalue weighted by molar-refractivity contribution is 0.414. The van der Waals surface area contributed by atoms with Crippen LogP contribution in [-0.4, -0.2) is 22.9 Å². The molecule has 3 nitrogen and oxygen atoms in total. The molecule has 5 rings (SSSR count). The van der Waals surface area contributed by atoms with E-state index in [1.807, 2.05) is 18.3 Å². The van der Waals surface area contributed by atoms with Gasteiger partial charge >= 0.3 is 0 Å². The molecule has 0 saturated carbocycles. The third kappa shape index (κ3) is 2.97. The molecule has 0 aliphatic heterocycles. The third-order valence-electron chi connectivity index (χ3n) is 5.27. The molecule has 0 radical (unpaired) electrons. The van der Waals surface area contributed by atoms with Crippen molar-refractivity contribution >= 4 is 33.6 Å². The predicted molar refractivity (Wildman–Crippen MR) is 122 cm³/mol. The van der Waals surface area contributed by atoms with E-state index in [1.165, 1.54) is 26.7 Å². The second-order valence-corrected chi connectivity index (χ2v) is 7.71. The lowest BCUT2D eigenvalue weighted by atomic mass is 10.1. The molecule has 0 atom stereocenters. The fourth-order valence-electron chi connectivity index (χ4n) is 3.91. The summed E-state index contributed by atoms with van der Waals surface area (Å²) in [7, 11) is 1.71. The van der Waals surface area contributed by atoms with Crippen LogP contribution in [0.2, 0.25) is 0 Å². The van der Waals surface area contributed by atoms with Gasteiger partial charge in [0.1, 0.15) is 5.75 Å². The van der Waals surface area contributed by atoms with Crippen molar-refractivity contribution in [2.45, 2.75) is 4.90 Å². The quantitative estimate of drug-likeness (QED) is 0.321. The summed E-state index contributed by atoms with van der Waals surface area (Å²) < 4.78 is 7.89. The van der Waals surface area contributed by atoms with Gasteiger partial charge < -0.3 is 9.30 Å². The van der Waals surface area contributed by atoms with E-state index in [-0.39, 0.29) is 0 Å². The van der Waals surface area contributed by atoms with E-state index in [0.29, 0.717) is 0 Å². The van der Waals surface area contributed by atoms with Crippen LogP contribution in [0.15, 0.2) is 90.0 Å². The molecule has 4 heteroatoms. The Labute approximate surface area is 174 Å². The van der Waals surface area contributed by atoms with Gasteiger partial charge in [0.25, 0.3) is 0 Å². The Balaban J connectivity index is 1.88. The van der Waals surface area contributed by atoms with Crippen LogP contribution in [0.1, 0.15) is 0 Å². The van der Waals surface area contributed by atoms with Crippen molar-refractivity contribution in [1.29, 1.82) is 0 Å². The summed E-state index contributed by atoms with van der Waals surface area (Å²) in [6, 6.07) is 27.4. The van der Waals surface area contributed by atoms with Gasteiger partial charge in [0.15, 0.2) is 0 Å². The van der Waals surface area contributed by atoms with Crippen molar-refractivity contribution in [3.8, 4) is 22.7 Å². The lowest BCUT2D eigenvalue weighted by Crippen LogP contribution is -1.99. The van der Waals surface area contributed by atoms with Gasteiger partial charge in [-0.05, 0) is 42.7 Å². The molecule has 0 saturated heterocycles. The maximum atomic E-state index is 5.57. The Morgan fingerprint density at radius 3 is 2.17 bits per heavy atom. The van der Waals surface area contributed by atoms with Gasteiger partial charge in [0.05, 0.1) is 29.5 Å². The molecule has 0 amide bonds. The maximum absolute atomic E-state index is 5.57. The minimum Gasteiger partial charge on any atom is -0.497 e. The second kappa shape index (κ2) is 7.30. The molecule has 0 bridgehead atoms. The van der Waals surface area contributed by atoms with Crippen LogP contribution in [0.5, 0.6) is 5.75 Å². The van der Waals surface area contributed by atoms with Crippen molar-refractivity contribution in [3.63, 3.8) is 0 Å². The highest BCUT2D eigenvalue weighted by Crippen LogP contribution is 2.37. The van der Waals surface area contributed by atoms with Crippen molar-refractivity contribution < 1.29 is 4.74 Å². The highest BCUT2D eigenvalue weighted by molar-refractivity contribution is 7.98. The first-order valence-electron chi connectivity index (χ1n) is 9.47. The molecule has 0 N–H and O–H groups in total. The van der Waals surface area contributed by atoms with Crippen LogP contribution in [0, 0.1) is 0 Å². The number of para-hydroxylation sites is 2. The lowest BCUT2D eigenvalue weighted by Gasteiger charge is -2.15. The summed E-state index contributed by atoms with van der Waals surface area (Å²) in [6.45, 7) is 0. The number of hydrogen-bond acceptors (Lipinski definition) is 3. The summed E-state index contributed by atoms with van der Waals surface area (Å²) >= 11 is 1.72. The van der Waals surface area contributed by atoms with E-state index in [1.54, 1.807) is 18.9 Å². The third-order valence-corrected chi connectivity index (χ3v) is 5.99. The smallest absolute Gasteiger partial charge is 0.120 e. The van der Waals surface area contributed by atoms with Crippen LogP contribution in [0.25, 0.3) is 38.8 Å². The molecular weight excluding hydrogens is 376 g/mol. The first-order valence-corrected chi connectivity index (χ1v) is 10.7. The van der Waals surface area contributed by atoms with E-state index in [4.69, 9.17) is 4.74 Å². The summed E-state index contributed by atoms with van der Waals surface area (Å²) in [4.78, 5) is 5.87. The number of fused-ring (bicyclic) bond motifs is 3. The number of methoxy groups -OCH3 is 1. The molecule has 2 aromatic heterocycles. The largest absolute Gasteiger partial charge is 0.497 e. The Hall–Kier alpha value is -3.24. The van der Waals surface area contributed by atoms with Crippen molar-refractivity contribution in [1.82, 2.24) is 9.55 Å². The SMILES string of the molecule is COc1ccc(-c2cc(SC)ccn2)c(-n2c3ccccc3c3ccccc32)c1. The normalized spacial score (nSPS) is 11.2. The van der Waals surface area contributed by atoms with E-state index >= 15 is 0 Å². The molecule has 0 aliphatic carbocycles. The highest BCUT2D eigenvalue weighted by atomic mass is 32.2. The molecule has 0 fully saturated rings. The maximum Gasteiger partial charge on any atom is 0.120 e. The number of thioether (sulfide) groups is 1. The minimum absolute atomic E-state index is 0.826. The molecule has 0 spiro atoms. The zero-order valence-corrected chi connectivity index (χ0v) is 17.1. The van der Waals surface area contributed by atoms with Gasteiger partial charge in [-0.25, -0.2) is 0 Å². The standard InChI is InChI=1S/C25H20N2OS/c1-28-17-11-12-21(22-16-18(29-2)13-14-26-22)25(15-17)27-23-9-5-3-7-19(23)20-8-4-6-10-24(20)27/h3-16H,1-2H3. The Kier molecular flexibility index (Phi) is 4.49. The van der Waals surface area contributed by atoms with Crippen LogP contribution >= 0.6 is 11.8 Å². The predicted octanol–water partition coefficient (Wildman–Crippen LogP) is 6.58. The van der Waals surface area contributed by atoms with E-state index in [2.05, 4.69) is 82.5 Å². The molecule has 0 aliphatic rings. The van der Waals surface area contributed by atoms with Crippen molar-refractivity contribution in [2.24, 2.45) is 0 Å². The topological polar surface area (TPSA) is 27.1 Å². The molecular formula is C25H20N2OS. The number of aromatic nitrogens is 2. The van der Waals surface area contributed by atoms with Crippen molar-refractivity contribution in [2.75, 3.05) is 13.4 Å². The van der Waals surface area contributed by atoms with Gasteiger partial charge in [-0.1, -0.05) is 36.4 Å². The Morgan fingerprint density at radius 1 is 0.828 bits per heavy atom. The van der Waals surface area contributed by atoms with Gasteiger partial charge in [0.2, 0.25) is 0 Å². The first-order chi connectivity index (χ1) is 14.3. The average Bonchev–Trinajstić information content (AvgIpc) is 3.13. The Bertz CT molecular complexity index is 1290. The van der Waals surface area contributed by atoms with E-state index < -0.39 is 0 Å². The number of pyridine rings is 1. The minimum atomic E-state index is 0.826. The van der Waals surface area contributed by atoms with Gasteiger partial charge in [-0.3, -0.25) is 4.98 Å². The summed E-state index contributed by atoms with van der Waals surface area (Å²) in [6.07, 6.45) is 3.96. The van der Waals surface area contributed by atoms with Crippen LogP contribution in [0.4, 0.5) is 0 Å². The zero-order valence-electron chi connectivity index (χ0n) is 16.3. The van der Waals surface area contributed by atoms with Crippen LogP contribution in [0.3, 0.4) is 0 Å². The summed E-state index contributed by atoms with van der Waals surface area (Å²) in [5.74, 6) is 0.826. The summed E-state index contributed by atoms with van der Waals surface area (Å²) in [5.41, 5.74) is 5.44. The van der Waals surface area contributed by atoms with Gasteiger partial charge in [0, 0.05) is 33.5 Å². The molecule has 29 heavy (non-hydrogen) atoms. The number of ether oxygens (including phenoxy) is 1. The molecule has 142 valence electrons. The van der Waals surface area contributed by atoms with Crippen LogP contribution < -0.4 is 4.74 Å². The fraction of sp³-hybridized carbons (Fsp3) is 0.0800. The van der Waals surface area contributed by atoms with Gasteiger partial charge in [-0.15, -0.1) is 11.8 Å². The summed E-state index contributed by atoms with van der Waals surface area (Å²) in [5, 5.41) is 2.48. The number of hydrogen-bond donors (Lipinski definition) is 0. The van der Waals surface area contributed by atoms with Crippen LogP contribution in [-0.2, 0) is 0 Å². The Morgan fingerprint density at radius 2 is 1.52 bits per heavy atom. The molecule has 5 aromatic rings. The second-order valence-electron chi connectivity index (χ2n) is 6.83. The number of benzene rings is 3. The van der Waals surface area contributed by atoms with Gasteiger partial charge in [-0.2, -0.15) is 0 Å². The number of nitrogens with zero attached hydrogens (tertiary/aromatic N) is 2. The number of rotatable bonds is 4. The van der Waals surface area contributed by atoms with E-state index in [0.717, 1.165) is 22.7 Å². The highest BCUT2D eigenvalue weighted by Gasteiger charge is 2.16. The molecule has 3 aromatic carbocycles. The van der Waals surface area contributed by atoms with Crippen molar-refractivity contribution in [3.05, 3.63) is 85.1 Å². The molecule has 0 unspecified atom stereocenters. The average molecular weight is 397 g/mol.